The van der Waals surface area contributed by atoms with Crippen LogP contribution in [-0.4, -0.2) is 16.8 Å². The highest BCUT2D eigenvalue weighted by atomic mass is 16.1. The van der Waals surface area contributed by atoms with Gasteiger partial charge < -0.3 is 5.53 Å². The fraction of sp³-hybridized carbons (Fsp3) is 0.385. The summed E-state index contributed by atoms with van der Waals surface area (Å²) in [4.78, 5) is 14.3. The predicted octanol–water partition coefficient (Wildman–Crippen LogP) is 2.60. The van der Waals surface area contributed by atoms with Crippen molar-refractivity contribution in [2.75, 3.05) is 0 Å². The van der Waals surface area contributed by atoms with E-state index in [1.165, 1.54) is 5.56 Å². The van der Waals surface area contributed by atoms with E-state index in [9.17, 15) is 4.79 Å². The molecule has 0 fully saturated rings. The fourth-order valence-electron chi connectivity index (χ4n) is 1.58. The first kappa shape index (κ1) is 12.3. The van der Waals surface area contributed by atoms with E-state index < -0.39 is 0 Å². The highest BCUT2D eigenvalue weighted by Crippen LogP contribution is 2.24. The van der Waals surface area contributed by atoms with Crippen molar-refractivity contribution in [3.63, 3.8) is 0 Å². The smallest absolute Gasteiger partial charge is 0.323 e. The molecule has 0 aliphatic heterocycles. The number of benzene rings is 1. The fourth-order valence-corrected chi connectivity index (χ4v) is 1.58. The molecule has 0 amide bonds. The summed E-state index contributed by atoms with van der Waals surface area (Å²) in [6.07, 6.45) is 0.968. The molecule has 0 bridgehead atoms. The van der Waals surface area contributed by atoms with Crippen molar-refractivity contribution in [2.24, 2.45) is 5.92 Å². The van der Waals surface area contributed by atoms with Gasteiger partial charge in [0, 0.05) is 5.92 Å². The number of hydrogen-bond acceptors (Lipinski definition) is 1. The van der Waals surface area contributed by atoms with Gasteiger partial charge >= 0.3 is 6.21 Å². The number of ketones is 1. The van der Waals surface area contributed by atoms with Crippen LogP contribution in [0.2, 0.25) is 0 Å². The lowest BCUT2D eigenvalue weighted by Gasteiger charge is -2.16. The van der Waals surface area contributed by atoms with Gasteiger partial charge in [0.1, 0.15) is 0 Å². The minimum Gasteiger partial charge on any atom is -0.361 e. The van der Waals surface area contributed by atoms with Gasteiger partial charge in [0.2, 0.25) is 5.78 Å². The van der Waals surface area contributed by atoms with Crippen molar-refractivity contribution in [1.82, 2.24) is 0 Å². The van der Waals surface area contributed by atoms with E-state index in [2.05, 4.69) is 4.79 Å². The molecule has 0 aromatic heterocycles. The first-order valence-corrected chi connectivity index (χ1v) is 5.34. The lowest BCUT2D eigenvalue weighted by molar-refractivity contribution is -0.119. The van der Waals surface area contributed by atoms with Crippen LogP contribution in [0.4, 0.5) is 0 Å². The Morgan fingerprint density at radius 3 is 2.38 bits per heavy atom. The highest BCUT2D eigenvalue weighted by molar-refractivity contribution is 6.26. The highest BCUT2D eigenvalue weighted by Gasteiger charge is 2.22. The third-order valence-corrected chi connectivity index (χ3v) is 2.99. The zero-order valence-electron chi connectivity index (χ0n) is 9.84. The summed E-state index contributed by atoms with van der Waals surface area (Å²) in [7, 11) is 0. The van der Waals surface area contributed by atoms with E-state index in [0.717, 1.165) is 11.8 Å². The Morgan fingerprint density at radius 2 is 1.88 bits per heavy atom. The Bertz CT molecular complexity index is 416. The standard InChI is InChI=1S/C13H16N2O/c1-9-4-6-12(7-5-9)10(2)11(3)13(16)8-15-14/h4-8,10-11H,1-3H3. The quantitative estimate of drug-likeness (QED) is 0.433. The lowest BCUT2D eigenvalue weighted by Crippen LogP contribution is -2.18. The molecule has 1 rings (SSSR count). The summed E-state index contributed by atoms with van der Waals surface area (Å²) < 4.78 is 0. The van der Waals surface area contributed by atoms with Gasteiger partial charge in [-0.3, -0.25) is 4.79 Å². The Morgan fingerprint density at radius 1 is 1.31 bits per heavy atom. The van der Waals surface area contributed by atoms with E-state index in [0.29, 0.717) is 0 Å². The number of aryl methyl sites for hydroxylation is 1. The van der Waals surface area contributed by atoms with E-state index in [-0.39, 0.29) is 17.6 Å². The van der Waals surface area contributed by atoms with Gasteiger partial charge in [-0.15, -0.1) is 0 Å². The van der Waals surface area contributed by atoms with Gasteiger partial charge in [0.05, 0.1) is 0 Å². The van der Waals surface area contributed by atoms with E-state index in [1.54, 1.807) is 0 Å². The molecule has 84 valence electrons. The molecule has 0 spiro atoms. The molecule has 0 aliphatic rings. The lowest BCUT2D eigenvalue weighted by atomic mass is 9.86. The van der Waals surface area contributed by atoms with Gasteiger partial charge in [-0.2, -0.15) is 4.79 Å². The Kier molecular flexibility index (Phi) is 4.15. The van der Waals surface area contributed by atoms with Crippen molar-refractivity contribution in [3.05, 3.63) is 40.9 Å². The number of hydrogen-bond donors (Lipinski definition) is 0. The van der Waals surface area contributed by atoms with E-state index >= 15 is 0 Å². The third-order valence-electron chi connectivity index (χ3n) is 2.99. The van der Waals surface area contributed by atoms with Crippen molar-refractivity contribution >= 4 is 12.0 Å². The molecule has 0 heterocycles. The maximum Gasteiger partial charge on any atom is 0.323 e. The molecule has 1 aromatic rings. The van der Waals surface area contributed by atoms with Crippen molar-refractivity contribution in [2.45, 2.75) is 26.7 Å². The number of nitrogens with zero attached hydrogens (tertiary/aromatic N) is 2. The molecule has 0 saturated heterocycles. The molecule has 0 saturated carbocycles. The maximum absolute atomic E-state index is 11.5. The van der Waals surface area contributed by atoms with E-state index in [4.69, 9.17) is 5.53 Å². The van der Waals surface area contributed by atoms with Gasteiger partial charge in [-0.25, -0.2) is 0 Å². The molecular weight excluding hydrogens is 200 g/mol. The topological polar surface area (TPSA) is 53.5 Å². The largest absolute Gasteiger partial charge is 0.361 e. The predicted molar refractivity (Wildman–Crippen MR) is 63.4 cm³/mol. The molecule has 3 nitrogen and oxygen atoms in total. The van der Waals surface area contributed by atoms with Crippen LogP contribution in [-0.2, 0) is 4.79 Å². The molecule has 0 aliphatic carbocycles. The summed E-state index contributed by atoms with van der Waals surface area (Å²) in [5.41, 5.74) is 10.6. The molecule has 3 heteroatoms. The van der Waals surface area contributed by atoms with Crippen LogP contribution in [0.1, 0.15) is 30.9 Å². The van der Waals surface area contributed by atoms with Gasteiger partial charge in [0.15, 0.2) is 0 Å². The third kappa shape index (κ3) is 2.88. The molecule has 1 aromatic carbocycles. The summed E-state index contributed by atoms with van der Waals surface area (Å²) >= 11 is 0. The van der Waals surface area contributed by atoms with Crippen LogP contribution in [0.15, 0.2) is 24.3 Å². The molecule has 16 heavy (non-hydrogen) atoms. The SMILES string of the molecule is Cc1ccc(C(C)C(C)C(=O)C=[N+]=[N-])cc1. The van der Waals surface area contributed by atoms with Crippen molar-refractivity contribution in [3.8, 4) is 0 Å². The number of carbonyl (C=O) groups excluding carboxylic acids is 1. The second-order valence-corrected chi connectivity index (χ2v) is 4.13. The molecule has 0 N–H and O–H groups in total. The van der Waals surface area contributed by atoms with Crippen LogP contribution in [0, 0.1) is 12.8 Å². The minimum absolute atomic E-state index is 0.117. The average Bonchev–Trinajstić information content (AvgIpc) is 2.28. The Labute approximate surface area is 95.7 Å². The summed E-state index contributed by atoms with van der Waals surface area (Å²) in [6.45, 7) is 5.87. The number of Topliss-reactive ketones (excluding diaryl/α,β-unsaturated/α-hetero) is 1. The van der Waals surface area contributed by atoms with Gasteiger partial charge in [-0.05, 0) is 18.4 Å². The number of rotatable bonds is 4. The molecule has 0 radical (unpaired) electrons. The zero-order chi connectivity index (χ0) is 12.1. The molecule has 2 atom stereocenters. The van der Waals surface area contributed by atoms with Crippen LogP contribution < -0.4 is 0 Å². The van der Waals surface area contributed by atoms with Crippen molar-refractivity contribution < 1.29 is 9.58 Å². The van der Waals surface area contributed by atoms with E-state index in [1.807, 2.05) is 45.0 Å². The first-order valence-electron chi connectivity index (χ1n) is 5.34. The first-order chi connectivity index (χ1) is 7.56. The van der Waals surface area contributed by atoms with Gasteiger partial charge in [-0.1, -0.05) is 43.7 Å². The second-order valence-electron chi connectivity index (χ2n) is 4.13. The van der Waals surface area contributed by atoms with Crippen molar-refractivity contribution in [1.29, 1.82) is 0 Å². The monoisotopic (exact) mass is 216 g/mol. The Hall–Kier alpha value is -1.73. The Balaban J connectivity index is 2.85. The van der Waals surface area contributed by atoms with Crippen LogP contribution in [0.3, 0.4) is 0 Å². The van der Waals surface area contributed by atoms with Gasteiger partial charge in [0.25, 0.3) is 0 Å². The normalized spacial score (nSPS) is 13.7. The summed E-state index contributed by atoms with van der Waals surface area (Å²) in [5, 5.41) is 0. The minimum atomic E-state index is -0.182. The molecule has 2 unspecified atom stereocenters. The zero-order valence-corrected chi connectivity index (χ0v) is 9.84. The van der Waals surface area contributed by atoms with Crippen LogP contribution in [0.25, 0.3) is 5.53 Å². The maximum atomic E-state index is 11.5. The molecular formula is C13H16N2O. The van der Waals surface area contributed by atoms with Crippen LogP contribution >= 0.6 is 0 Å². The summed E-state index contributed by atoms with van der Waals surface area (Å²) in [6, 6.07) is 8.12. The summed E-state index contributed by atoms with van der Waals surface area (Å²) in [5.74, 6) is -0.222. The van der Waals surface area contributed by atoms with Crippen LogP contribution in [0.5, 0.6) is 0 Å². The average molecular weight is 216 g/mol. The number of carbonyl (C=O) groups is 1. The second kappa shape index (κ2) is 5.38.